The molecule has 0 fully saturated rings. The molecule has 4 heterocycles. The topological polar surface area (TPSA) is 43.6 Å². The minimum Gasteiger partial charge on any atom is -0.309 e. The second kappa shape index (κ2) is 11.2. The predicted molar refractivity (Wildman–Crippen MR) is 216 cm³/mol. The molecule has 0 saturated heterocycles. The van der Waals surface area contributed by atoms with E-state index in [1.165, 1.54) is 67.8 Å². The van der Waals surface area contributed by atoms with Gasteiger partial charge in [0.25, 0.3) is 0 Å². The zero-order valence-corrected chi connectivity index (χ0v) is 28.7. The normalized spacial score (nSPS) is 11.9. The van der Waals surface area contributed by atoms with Crippen LogP contribution in [0.1, 0.15) is 0 Å². The van der Waals surface area contributed by atoms with E-state index in [0.29, 0.717) is 17.5 Å². The van der Waals surface area contributed by atoms with Gasteiger partial charge < -0.3 is 4.57 Å². The lowest BCUT2D eigenvalue weighted by molar-refractivity contribution is 1.08. The molecule has 0 spiro atoms. The van der Waals surface area contributed by atoms with E-state index in [-0.39, 0.29) is 0 Å². The Morgan fingerprint density at radius 2 is 0.941 bits per heavy atom. The van der Waals surface area contributed by atoms with Gasteiger partial charge >= 0.3 is 0 Å². The lowest BCUT2D eigenvalue weighted by atomic mass is 10.0. The number of thiophene rings is 2. The summed E-state index contributed by atoms with van der Waals surface area (Å²) in [7, 11) is 0. The maximum atomic E-state index is 5.08. The van der Waals surface area contributed by atoms with Gasteiger partial charge in [0, 0.05) is 73.5 Å². The third kappa shape index (κ3) is 4.40. The number of nitrogens with zero attached hydrogens (tertiary/aromatic N) is 4. The van der Waals surface area contributed by atoms with Crippen LogP contribution in [0, 0.1) is 0 Å². The molecule has 0 N–H and O–H groups in total. The van der Waals surface area contributed by atoms with E-state index >= 15 is 0 Å². The van der Waals surface area contributed by atoms with Crippen molar-refractivity contribution in [3.63, 3.8) is 0 Å². The number of para-hydroxylation sites is 2. The molecule has 51 heavy (non-hydrogen) atoms. The molecular weight excluding hydrogens is 661 g/mol. The largest absolute Gasteiger partial charge is 0.309 e. The van der Waals surface area contributed by atoms with Crippen LogP contribution in [-0.2, 0) is 0 Å². The van der Waals surface area contributed by atoms with Crippen LogP contribution < -0.4 is 0 Å². The van der Waals surface area contributed by atoms with Crippen molar-refractivity contribution in [3.05, 3.63) is 158 Å². The van der Waals surface area contributed by atoms with Crippen molar-refractivity contribution in [3.8, 4) is 39.9 Å². The summed E-state index contributed by atoms with van der Waals surface area (Å²) in [4.78, 5) is 15.1. The molecule has 11 aromatic rings. The van der Waals surface area contributed by atoms with Gasteiger partial charge in [-0.3, -0.25) is 0 Å². The maximum Gasteiger partial charge on any atom is 0.165 e. The van der Waals surface area contributed by atoms with Crippen LogP contribution in [0.15, 0.2) is 158 Å². The highest BCUT2D eigenvalue weighted by atomic mass is 32.1. The molecule has 0 radical (unpaired) electrons. The summed E-state index contributed by atoms with van der Waals surface area (Å²) in [5.74, 6) is 2.02. The smallest absolute Gasteiger partial charge is 0.165 e. The Bertz CT molecular complexity index is 3030. The Morgan fingerprint density at radius 3 is 1.61 bits per heavy atom. The Balaban J connectivity index is 1.12. The molecule has 0 aliphatic carbocycles. The lowest BCUT2D eigenvalue weighted by Gasteiger charge is -2.09. The van der Waals surface area contributed by atoms with Crippen LogP contribution in [-0.4, -0.2) is 19.5 Å². The van der Waals surface area contributed by atoms with Gasteiger partial charge in [-0.25, -0.2) is 15.0 Å². The average molecular weight is 687 g/mol. The minimum atomic E-state index is 0.669. The van der Waals surface area contributed by atoms with E-state index in [1.807, 2.05) is 59.1 Å². The molecule has 11 rings (SSSR count). The van der Waals surface area contributed by atoms with Crippen molar-refractivity contribution in [1.29, 1.82) is 0 Å². The molecule has 0 aliphatic heterocycles. The first-order valence-electron chi connectivity index (χ1n) is 16.9. The van der Waals surface area contributed by atoms with Gasteiger partial charge in [0.05, 0.1) is 11.0 Å². The predicted octanol–water partition coefficient (Wildman–Crippen LogP) is 12.7. The van der Waals surface area contributed by atoms with E-state index in [9.17, 15) is 0 Å². The Morgan fingerprint density at radius 1 is 0.392 bits per heavy atom. The Kier molecular flexibility index (Phi) is 6.26. The molecule has 0 atom stereocenters. The van der Waals surface area contributed by atoms with Crippen molar-refractivity contribution in [1.82, 2.24) is 19.5 Å². The van der Waals surface area contributed by atoms with E-state index in [1.54, 1.807) is 0 Å². The van der Waals surface area contributed by atoms with Crippen molar-refractivity contribution < 1.29 is 0 Å². The van der Waals surface area contributed by atoms with Crippen LogP contribution in [0.4, 0.5) is 0 Å². The van der Waals surface area contributed by atoms with Crippen molar-refractivity contribution in [2.24, 2.45) is 0 Å². The number of rotatable bonds is 4. The van der Waals surface area contributed by atoms with Gasteiger partial charge in [-0.2, -0.15) is 0 Å². The fourth-order valence-corrected chi connectivity index (χ4v) is 9.95. The molecule has 4 aromatic heterocycles. The van der Waals surface area contributed by atoms with E-state index in [0.717, 1.165) is 16.7 Å². The maximum absolute atomic E-state index is 5.08. The van der Waals surface area contributed by atoms with E-state index in [4.69, 9.17) is 15.0 Å². The quantitative estimate of drug-likeness (QED) is 0.185. The van der Waals surface area contributed by atoms with Gasteiger partial charge in [0.15, 0.2) is 17.5 Å². The summed E-state index contributed by atoms with van der Waals surface area (Å²) in [6, 6.07) is 55.9. The molecule has 238 valence electrons. The molecule has 0 saturated carbocycles. The van der Waals surface area contributed by atoms with Gasteiger partial charge in [0.2, 0.25) is 0 Å². The number of aromatic nitrogens is 4. The Hall–Kier alpha value is -6.21. The first kappa shape index (κ1) is 28.6. The second-order valence-electron chi connectivity index (χ2n) is 12.8. The SMILES string of the molecule is c1ccc(-c2nc(-c3ccccc3)nc(-c3cccc4c3sc3ccc5sc6cc(-n7c8ccccc8c8ccccc87)ccc6c5c34)n2)cc1. The van der Waals surface area contributed by atoms with Crippen LogP contribution in [0.3, 0.4) is 0 Å². The highest BCUT2D eigenvalue weighted by Gasteiger charge is 2.20. The highest BCUT2D eigenvalue weighted by Crippen LogP contribution is 2.47. The van der Waals surface area contributed by atoms with E-state index in [2.05, 4.69) is 126 Å². The van der Waals surface area contributed by atoms with Crippen LogP contribution >= 0.6 is 22.7 Å². The van der Waals surface area contributed by atoms with Gasteiger partial charge in [-0.05, 0) is 42.5 Å². The molecule has 0 unspecified atom stereocenters. The molecule has 4 nitrogen and oxygen atoms in total. The number of benzene rings is 7. The minimum absolute atomic E-state index is 0.669. The number of fused-ring (bicyclic) bond motifs is 10. The molecular formula is C45H26N4S2. The lowest BCUT2D eigenvalue weighted by Crippen LogP contribution is -2.00. The average Bonchev–Trinajstić information content (AvgIpc) is 3.87. The molecule has 0 aliphatic rings. The van der Waals surface area contributed by atoms with Crippen molar-refractivity contribution >= 4 is 84.8 Å². The van der Waals surface area contributed by atoms with Crippen LogP contribution in [0.25, 0.3) is 102 Å². The third-order valence-electron chi connectivity index (χ3n) is 9.86. The molecule has 0 bridgehead atoms. The summed E-state index contributed by atoms with van der Waals surface area (Å²) >= 11 is 3.69. The Labute approximate surface area is 300 Å². The summed E-state index contributed by atoms with van der Waals surface area (Å²) in [5, 5.41) is 7.68. The number of hydrogen-bond donors (Lipinski definition) is 0. The zero-order valence-electron chi connectivity index (χ0n) is 27.1. The molecule has 7 aromatic carbocycles. The first-order valence-corrected chi connectivity index (χ1v) is 18.6. The standard InChI is InChI=1S/C45H26N4S2/c1-3-12-27(13-4-1)43-46-44(28-14-5-2-6-15-28)48-45(47-43)34-19-11-18-33-41-38(51-42(33)34)25-24-37-40(41)32-23-22-29(26-39(32)50-37)49-35-20-9-7-16-30(35)31-17-8-10-21-36(31)49/h1-26H. The van der Waals surface area contributed by atoms with Gasteiger partial charge in [-0.1, -0.05) is 115 Å². The summed E-state index contributed by atoms with van der Waals surface area (Å²) in [6.45, 7) is 0. The molecule has 6 heteroatoms. The van der Waals surface area contributed by atoms with Gasteiger partial charge in [0.1, 0.15) is 0 Å². The van der Waals surface area contributed by atoms with Gasteiger partial charge in [-0.15, -0.1) is 22.7 Å². The highest BCUT2D eigenvalue weighted by molar-refractivity contribution is 7.28. The second-order valence-corrected chi connectivity index (χ2v) is 14.9. The summed E-state index contributed by atoms with van der Waals surface area (Å²) < 4.78 is 7.42. The monoisotopic (exact) mass is 686 g/mol. The van der Waals surface area contributed by atoms with Crippen LogP contribution in [0.2, 0.25) is 0 Å². The van der Waals surface area contributed by atoms with Crippen LogP contribution in [0.5, 0.6) is 0 Å². The van der Waals surface area contributed by atoms with Crippen molar-refractivity contribution in [2.75, 3.05) is 0 Å². The fraction of sp³-hybridized carbons (Fsp3) is 0. The summed E-state index contributed by atoms with van der Waals surface area (Å²) in [5.41, 5.74) is 6.58. The first-order chi connectivity index (χ1) is 25.3. The zero-order chi connectivity index (χ0) is 33.5. The van der Waals surface area contributed by atoms with E-state index < -0.39 is 0 Å². The molecule has 0 amide bonds. The number of hydrogen-bond acceptors (Lipinski definition) is 5. The third-order valence-corrected chi connectivity index (χ3v) is 12.2. The summed E-state index contributed by atoms with van der Waals surface area (Å²) in [6.07, 6.45) is 0. The van der Waals surface area contributed by atoms with Crippen molar-refractivity contribution in [2.45, 2.75) is 0 Å². The fourth-order valence-electron chi connectivity index (χ4n) is 7.59.